The fraction of sp³-hybridized carbons (Fsp3) is 0.125. The number of hydrogen-bond acceptors (Lipinski definition) is 3. The molecule has 0 amide bonds. The summed E-state index contributed by atoms with van der Waals surface area (Å²) in [6.45, 7) is 2.19. The highest BCUT2D eigenvalue weighted by Crippen LogP contribution is 2.30. The number of fused-ring (bicyclic) bond motifs is 3. The lowest BCUT2D eigenvalue weighted by atomic mass is 10.1. The molecule has 0 radical (unpaired) electrons. The molecule has 0 atom stereocenters. The molecular weight excluding hydrogens is 380 g/mol. The summed E-state index contributed by atoms with van der Waals surface area (Å²) in [7, 11) is 0. The third-order valence-corrected chi connectivity index (χ3v) is 5.32. The van der Waals surface area contributed by atoms with Crippen LogP contribution in [0.4, 0.5) is 0 Å². The summed E-state index contributed by atoms with van der Waals surface area (Å²) < 4.78 is 2.06. The Morgan fingerprint density at radius 2 is 1.66 bits per heavy atom. The van der Waals surface area contributed by atoms with E-state index in [1.807, 2.05) is 48.5 Å². The molecule has 4 nitrogen and oxygen atoms in total. The van der Waals surface area contributed by atoms with Crippen molar-refractivity contribution in [1.82, 2.24) is 19.6 Å². The average molecular weight is 399 g/mol. The van der Waals surface area contributed by atoms with Gasteiger partial charge in [-0.2, -0.15) is 0 Å². The number of hydrogen-bond donors (Lipinski definition) is 0. The fourth-order valence-corrected chi connectivity index (χ4v) is 3.86. The molecule has 5 aromatic rings. The molecule has 5 heteroatoms. The molecule has 0 N–H and O–H groups in total. The standard InChI is InChI=1S/C24H19ClN4/c1-2-6-16-9-11-18(12-10-16)23-27-28-24-22(17-7-4-3-5-8-17)26-20-14-13-19(25)15-21(20)29(23)24/h3-5,7-15H,2,6H2,1H3. The largest absolute Gasteiger partial charge is 0.271 e. The zero-order valence-corrected chi connectivity index (χ0v) is 16.8. The normalized spacial score (nSPS) is 11.4. The minimum Gasteiger partial charge on any atom is -0.271 e. The van der Waals surface area contributed by atoms with Gasteiger partial charge in [-0.25, -0.2) is 4.98 Å². The van der Waals surface area contributed by atoms with Crippen molar-refractivity contribution in [2.75, 3.05) is 0 Å². The Balaban J connectivity index is 1.81. The smallest absolute Gasteiger partial charge is 0.188 e. The van der Waals surface area contributed by atoms with Crippen LogP contribution in [0, 0.1) is 0 Å². The van der Waals surface area contributed by atoms with Gasteiger partial charge in [0.1, 0.15) is 5.69 Å². The molecule has 0 saturated carbocycles. The molecule has 0 aliphatic rings. The second kappa shape index (κ2) is 7.30. The van der Waals surface area contributed by atoms with Crippen molar-refractivity contribution in [3.8, 4) is 22.6 Å². The number of rotatable bonds is 4. The van der Waals surface area contributed by atoms with Gasteiger partial charge < -0.3 is 0 Å². The lowest BCUT2D eigenvalue weighted by Crippen LogP contribution is -1.98. The van der Waals surface area contributed by atoms with Crippen molar-refractivity contribution >= 4 is 28.3 Å². The molecule has 29 heavy (non-hydrogen) atoms. The van der Waals surface area contributed by atoms with E-state index in [9.17, 15) is 0 Å². The van der Waals surface area contributed by atoms with Crippen molar-refractivity contribution in [2.45, 2.75) is 19.8 Å². The summed E-state index contributed by atoms with van der Waals surface area (Å²) >= 11 is 6.31. The quantitative estimate of drug-likeness (QED) is 0.361. The van der Waals surface area contributed by atoms with Gasteiger partial charge in [0.25, 0.3) is 0 Å². The van der Waals surface area contributed by atoms with Crippen LogP contribution in [0.2, 0.25) is 5.02 Å². The summed E-state index contributed by atoms with van der Waals surface area (Å²) in [5, 5.41) is 9.71. The maximum Gasteiger partial charge on any atom is 0.188 e. The Morgan fingerprint density at radius 1 is 0.862 bits per heavy atom. The lowest BCUT2D eigenvalue weighted by molar-refractivity contribution is 0.922. The van der Waals surface area contributed by atoms with Gasteiger partial charge in [-0.05, 0) is 30.2 Å². The van der Waals surface area contributed by atoms with E-state index < -0.39 is 0 Å². The van der Waals surface area contributed by atoms with Gasteiger partial charge in [-0.1, -0.05) is 79.5 Å². The highest BCUT2D eigenvalue weighted by atomic mass is 35.5. The number of nitrogens with zero attached hydrogens (tertiary/aromatic N) is 4. The predicted octanol–water partition coefficient (Wildman–Crippen LogP) is 6.22. The Bertz CT molecular complexity index is 1310. The van der Waals surface area contributed by atoms with Gasteiger partial charge in [-0.15, -0.1) is 10.2 Å². The highest BCUT2D eigenvalue weighted by Gasteiger charge is 2.17. The maximum absolute atomic E-state index is 6.31. The molecule has 5 rings (SSSR count). The second-order valence-electron chi connectivity index (χ2n) is 7.09. The van der Waals surface area contributed by atoms with E-state index in [1.165, 1.54) is 5.56 Å². The molecular formula is C24H19ClN4. The van der Waals surface area contributed by atoms with E-state index in [-0.39, 0.29) is 0 Å². The van der Waals surface area contributed by atoms with E-state index in [0.717, 1.165) is 52.2 Å². The van der Waals surface area contributed by atoms with Gasteiger partial charge in [-0.3, -0.25) is 4.40 Å². The van der Waals surface area contributed by atoms with Crippen LogP contribution in [0.25, 0.3) is 39.3 Å². The minimum absolute atomic E-state index is 0.658. The molecule has 0 aliphatic carbocycles. The van der Waals surface area contributed by atoms with Crippen LogP contribution in [-0.4, -0.2) is 19.6 Å². The number of aryl methyl sites for hydroxylation is 1. The molecule has 0 aliphatic heterocycles. The minimum atomic E-state index is 0.658. The molecule has 0 spiro atoms. The first-order chi connectivity index (χ1) is 14.2. The van der Waals surface area contributed by atoms with Crippen molar-refractivity contribution < 1.29 is 0 Å². The van der Waals surface area contributed by atoms with Gasteiger partial charge in [0.05, 0.1) is 11.0 Å². The van der Waals surface area contributed by atoms with Gasteiger partial charge in [0.15, 0.2) is 11.5 Å². The topological polar surface area (TPSA) is 43.1 Å². The van der Waals surface area contributed by atoms with Crippen LogP contribution in [0.5, 0.6) is 0 Å². The van der Waals surface area contributed by atoms with Gasteiger partial charge >= 0.3 is 0 Å². The lowest BCUT2D eigenvalue weighted by Gasteiger charge is -2.10. The maximum atomic E-state index is 6.31. The van der Waals surface area contributed by atoms with E-state index in [4.69, 9.17) is 16.6 Å². The van der Waals surface area contributed by atoms with Gasteiger partial charge in [0.2, 0.25) is 0 Å². The van der Waals surface area contributed by atoms with Crippen LogP contribution < -0.4 is 0 Å². The first-order valence-corrected chi connectivity index (χ1v) is 10.1. The summed E-state index contributed by atoms with van der Waals surface area (Å²) in [6, 6.07) is 24.4. The summed E-state index contributed by atoms with van der Waals surface area (Å²) in [4.78, 5) is 4.88. The Morgan fingerprint density at radius 3 is 2.41 bits per heavy atom. The molecule has 0 unspecified atom stereocenters. The molecule has 0 saturated heterocycles. The number of halogens is 1. The Hall–Kier alpha value is -3.24. The monoisotopic (exact) mass is 398 g/mol. The predicted molar refractivity (Wildman–Crippen MR) is 118 cm³/mol. The van der Waals surface area contributed by atoms with Gasteiger partial charge in [0, 0.05) is 16.1 Å². The number of aromatic nitrogens is 4. The van der Waals surface area contributed by atoms with Crippen LogP contribution in [-0.2, 0) is 6.42 Å². The van der Waals surface area contributed by atoms with Crippen LogP contribution in [0.1, 0.15) is 18.9 Å². The van der Waals surface area contributed by atoms with Crippen molar-refractivity contribution in [3.05, 3.63) is 83.4 Å². The summed E-state index contributed by atoms with van der Waals surface area (Å²) in [5.41, 5.74) is 6.62. The van der Waals surface area contributed by atoms with E-state index in [2.05, 4.69) is 45.8 Å². The van der Waals surface area contributed by atoms with Crippen LogP contribution >= 0.6 is 11.6 Å². The first-order valence-electron chi connectivity index (χ1n) is 9.73. The zero-order chi connectivity index (χ0) is 19.8. The van der Waals surface area contributed by atoms with Crippen molar-refractivity contribution in [3.63, 3.8) is 0 Å². The van der Waals surface area contributed by atoms with E-state index in [0.29, 0.717) is 5.02 Å². The molecule has 3 aromatic carbocycles. The highest BCUT2D eigenvalue weighted by molar-refractivity contribution is 6.31. The van der Waals surface area contributed by atoms with Crippen molar-refractivity contribution in [2.24, 2.45) is 0 Å². The summed E-state index contributed by atoms with van der Waals surface area (Å²) in [5.74, 6) is 0.787. The Kier molecular flexibility index (Phi) is 4.49. The van der Waals surface area contributed by atoms with Crippen LogP contribution in [0.15, 0.2) is 72.8 Å². The zero-order valence-electron chi connectivity index (χ0n) is 16.0. The first kappa shape index (κ1) is 17.8. The third-order valence-electron chi connectivity index (χ3n) is 5.08. The summed E-state index contributed by atoms with van der Waals surface area (Å²) in [6.07, 6.45) is 2.20. The Labute approximate surface area is 173 Å². The number of benzene rings is 3. The van der Waals surface area contributed by atoms with E-state index >= 15 is 0 Å². The molecule has 142 valence electrons. The second-order valence-corrected chi connectivity index (χ2v) is 7.53. The fourth-order valence-electron chi connectivity index (χ4n) is 3.69. The molecule has 2 heterocycles. The molecule has 2 aromatic heterocycles. The van der Waals surface area contributed by atoms with Crippen LogP contribution in [0.3, 0.4) is 0 Å². The molecule has 0 bridgehead atoms. The third kappa shape index (κ3) is 3.15. The van der Waals surface area contributed by atoms with E-state index in [1.54, 1.807) is 0 Å². The van der Waals surface area contributed by atoms with Crippen molar-refractivity contribution in [1.29, 1.82) is 0 Å². The average Bonchev–Trinajstić information content (AvgIpc) is 3.20. The molecule has 0 fully saturated rings. The SMILES string of the molecule is CCCc1ccc(-c2nnc3c(-c4ccccc4)nc4ccc(Cl)cc4n23)cc1.